The first-order chi connectivity index (χ1) is 16.0. The number of aliphatic hydroxyl groups is 3. The Hall–Kier alpha value is -0.160. The van der Waals surface area contributed by atoms with Gasteiger partial charge in [-0.15, -0.1) is 0 Å². The van der Waals surface area contributed by atoms with Gasteiger partial charge in [0.1, 0.15) is 0 Å². The molecule has 0 heterocycles. The van der Waals surface area contributed by atoms with Gasteiger partial charge in [-0.05, 0) is 130 Å². The fourth-order valence-corrected chi connectivity index (χ4v) is 10.6. The third-order valence-corrected chi connectivity index (χ3v) is 13.2. The summed E-state index contributed by atoms with van der Waals surface area (Å²) in [5.74, 6) is 1.24. The number of rotatable bonds is 6. The molecule has 0 saturated heterocycles. The topological polar surface area (TPSA) is 69.9 Å². The van der Waals surface area contributed by atoms with Crippen molar-refractivity contribution in [1.29, 1.82) is 0 Å². The molecule has 0 aromatic carbocycles. The minimum absolute atomic E-state index is 0.0317. The first-order valence-electron chi connectivity index (χ1n) is 14.6. The lowest BCUT2D eigenvalue weighted by molar-refractivity contribution is -0.246. The lowest BCUT2D eigenvalue weighted by atomic mass is 9.35. The Labute approximate surface area is 215 Å². The van der Waals surface area contributed by atoms with Gasteiger partial charge in [0.25, 0.3) is 0 Å². The fourth-order valence-electron chi connectivity index (χ4n) is 10.6. The molecule has 10 atom stereocenters. The van der Waals surface area contributed by atoms with Crippen molar-refractivity contribution in [3.63, 3.8) is 0 Å². The van der Waals surface area contributed by atoms with Crippen LogP contribution in [0.25, 0.3) is 0 Å². The summed E-state index contributed by atoms with van der Waals surface area (Å²) < 4.78 is 5.61. The Morgan fingerprint density at radius 2 is 1.46 bits per heavy atom. The Kier molecular flexibility index (Phi) is 6.91. The highest BCUT2D eigenvalue weighted by molar-refractivity contribution is 5.19. The lowest BCUT2D eigenvalue weighted by Gasteiger charge is -2.70. The van der Waals surface area contributed by atoms with Gasteiger partial charge >= 0.3 is 0 Å². The first-order valence-corrected chi connectivity index (χ1v) is 14.6. The summed E-state index contributed by atoms with van der Waals surface area (Å²) in [5.41, 5.74) is -0.672. The average Bonchev–Trinajstić information content (AvgIpc) is 3.14. The normalized spacial score (nSPS) is 49.0. The zero-order chi connectivity index (χ0) is 26.2. The van der Waals surface area contributed by atoms with Gasteiger partial charge in [-0.3, -0.25) is 0 Å². The van der Waals surface area contributed by atoms with Crippen LogP contribution in [0, 0.1) is 45.3 Å². The number of ether oxygens (including phenoxy) is 1. The maximum atomic E-state index is 11.8. The van der Waals surface area contributed by atoms with Crippen LogP contribution < -0.4 is 0 Å². The number of methoxy groups -OCH3 is 1. The predicted molar refractivity (Wildman–Crippen MR) is 142 cm³/mol. The van der Waals surface area contributed by atoms with E-state index in [0.29, 0.717) is 11.8 Å². The molecule has 4 heteroatoms. The molecule has 4 rings (SSSR count). The molecule has 0 bridgehead atoms. The molecule has 0 radical (unpaired) electrons. The second-order valence-electron chi connectivity index (χ2n) is 15.5. The summed E-state index contributed by atoms with van der Waals surface area (Å²) in [4.78, 5) is 0. The maximum Gasteiger partial charge on any atom is 0.0651 e. The zero-order valence-corrected chi connectivity index (χ0v) is 24.3. The molecule has 4 nitrogen and oxygen atoms in total. The van der Waals surface area contributed by atoms with Crippen molar-refractivity contribution in [3.05, 3.63) is 0 Å². The fraction of sp³-hybridized carbons (Fsp3) is 1.00. The van der Waals surface area contributed by atoms with E-state index in [4.69, 9.17) is 4.74 Å². The van der Waals surface area contributed by atoms with E-state index in [-0.39, 0.29) is 51.3 Å². The second kappa shape index (κ2) is 8.68. The first kappa shape index (κ1) is 27.9. The van der Waals surface area contributed by atoms with Crippen LogP contribution in [0.1, 0.15) is 120 Å². The van der Waals surface area contributed by atoms with E-state index in [1.54, 1.807) is 7.11 Å². The minimum atomic E-state index is -0.769. The highest BCUT2D eigenvalue weighted by atomic mass is 16.5. The minimum Gasteiger partial charge on any atom is -0.393 e. The highest BCUT2D eigenvalue weighted by Crippen LogP contribution is 2.75. The Morgan fingerprint density at radius 3 is 2.09 bits per heavy atom. The van der Waals surface area contributed by atoms with Gasteiger partial charge in [-0.1, -0.05) is 34.6 Å². The molecule has 204 valence electrons. The van der Waals surface area contributed by atoms with Gasteiger partial charge in [0.05, 0.1) is 23.4 Å². The predicted octanol–water partition coefficient (Wildman–Crippen LogP) is 6.35. The van der Waals surface area contributed by atoms with Crippen LogP contribution in [0.3, 0.4) is 0 Å². The molecule has 0 amide bonds. The highest BCUT2D eigenvalue weighted by Gasteiger charge is 2.71. The summed E-state index contributed by atoms with van der Waals surface area (Å²) >= 11 is 0. The van der Waals surface area contributed by atoms with Crippen LogP contribution in [-0.4, -0.2) is 45.8 Å². The molecule has 4 aliphatic rings. The monoisotopic (exact) mass is 492 g/mol. The van der Waals surface area contributed by atoms with Crippen LogP contribution in [-0.2, 0) is 4.74 Å². The van der Waals surface area contributed by atoms with Gasteiger partial charge in [-0.2, -0.15) is 0 Å². The molecule has 0 aromatic heterocycles. The molecule has 0 spiro atoms. The van der Waals surface area contributed by atoms with Crippen molar-refractivity contribution < 1.29 is 20.1 Å². The van der Waals surface area contributed by atoms with Crippen molar-refractivity contribution in [1.82, 2.24) is 0 Å². The van der Waals surface area contributed by atoms with Crippen LogP contribution in [0.5, 0.6) is 0 Å². The molecule has 0 aliphatic heterocycles. The van der Waals surface area contributed by atoms with E-state index in [0.717, 1.165) is 51.4 Å². The van der Waals surface area contributed by atoms with Crippen molar-refractivity contribution in [2.75, 3.05) is 7.11 Å². The van der Waals surface area contributed by atoms with Crippen LogP contribution in [0.4, 0.5) is 0 Å². The Morgan fingerprint density at radius 1 is 0.829 bits per heavy atom. The number of hydrogen-bond donors (Lipinski definition) is 3. The van der Waals surface area contributed by atoms with E-state index < -0.39 is 5.60 Å². The zero-order valence-electron chi connectivity index (χ0n) is 24.3. The largest absolute Gasteiger partial charge is 0.393 e. The van der Waals surface area contributed by atoms with Gasteiger partial charge in [0.2, 0.25) is 0 Å². The molecular formula is C31H56O4. The molecule has 3 N–H and O–H groups in total. The Bertz CT molecular complexity index is 789. The summed E-state index contributed by atoms with van der Waals surface area (Å²) in [6, 6.07) is 0. The standard InChI is InChI=1S/C31H56O4/c1-26(2,35-9)14-10-15-31(8,34)20-11-17-30(7)25(20)21(32)19-23-28(5)16-13-24(33)27(3,4)22(28)12-18-29(23,30)6/h20-25,32-34H,10-19H2,1-9H3/t20-,21+,22-,23+,24-,25-,28-,29+,30+,31-/m0/s1. The van der Waals surface area contributed by atoms with Crippen molar-refractivity contribution in [3.8, 4) is 0 Å². The number of fused-ring (bicyclic) bond motifs is 5. The van der Waals surface area contributed by atoms with Crippen molar-refractivity contribution in [2.24, 2.45) is 45.3 Å². The molecular weight excluding hydrogens is 436 g/mol. The number of aliphatic hydroxyl groups excluding tert-OH is 2. The van der Waals surface area contributed by atoms with Crippen LogP contribution in [0.2, 0.25) is 0 Å². The SMILES string of the molecule is COC(C)(C)CCC[C@](C)(O)[C@H]1CC[C@]2(C)[C@@H]1[C@H](O)C[C@@H]1[C@@]3(C)CC[C@H](O)C(C)(C)[C@@H]3CC[C@]12C. The van der Waals surface area contributed by atoms with E-state index >= 15 is 0 Å². The summed E-state index contributed by atoms with van der Waals surface area (Å²) in [6.07, 6.45) is 9.25. The van der Waals surface area contributed by atoms with Crippen LogP contribution >= 0.6 is 0 Å². The van der Waals surface area contributed by atoms with Gasteiger partial charge in [0, 0.05) is 7.11 Å². The van der Waals surface area contributed by atoms with E-state index in [2.05, 4.69) is 48.5 Å². The Balaban J connectivity index is 1.60. The molecule has 4 aliphatic carbocycles. The third-order valence-electron chi connectivity index (χ3n) is 13.2. The summed E-state index contributed by atoms with van der Waals surface area (Å²) in [7, 11) is 1.76. The van der Waals surface area contributed by atoms with E-state index in [1.807, 2.05) is 6.92 Å². The van der Waals surface area contributed by atoms with Gasteiger partial charge in [-0.25, -0.2) is 0 Å². The quantitative estimate of drug-likeness (QED) is 0.404. The molecule has 0 aromatic rings. The van der Waals surface area contributed by atoms with E-state index in [1.165, 1.54) is 12.8 Å². The lowest BCUT2D eigenvalue weighted by Crippen LogP contribution is -2.66. The second-order valence-corrected chi connectivity index (χ2v) is 15.5. The smallest absolute Gasteiger partial charge is 0.0651 e. The number of hydrogen-bond acceptors (Lipinski definition) is 4. The summed E-state index contributed by atoms with van der Waals surface area (Å²) in [6.45, 7) is 18.3. The van der Waals surface area contributed by atoms with Crippen molar-refractivity contribution in [2.45, 2.75) is 143 Å². The van der Waals surface area contributed by atoms with Gasteiger partial charge < -0.3 is 20.1 Å². The van der Waals surface area contributed by atoms with Gasteiger partial charge in [0.15, 0.2) is 0 Å². The molecule has 35 heavy (non-hydrogen) atoms. The average molecular weight is 493 g/mol. The molecule has 0 unspecified atom stereocenters. The summed E-state index contributed by atoms with van der Waals surface area (Å²) in [5, 5.41) is 34.5. The maximum absolute atomic E-state index is 11.8. The third kappa shape index (κ3) is 4.07. The molecule has 4 fully saturated rings. The van der Waals surface area contributed by atoms with Crippen molar-refractivity contribution >= 4 is 0 Å². The van der Waals surface area contributed by atoms with Crippen LogP contribution in [0.15, 0.2) is 0 Å². The van der Waals surface area contributed by atoms with E-state index in [9.17, 15) is 15.3 Å². The molecule has 4 saturated carbocycles.